The van der Waals surface area contributed by atoms with Crippen LogP contribution in [0, 0.1) is 0 Å². The lowest BCUT2D eigenvalue weighted by atomic mass is 10.0. The fourth-order valence-corrected chi connectivity index (χ4v) is 4.14. The number of fused-ring (bicyclic) bond motifs is 1. The Morgan fingerprint density at radius 3 is 2.53 bits per heavy atom. The van der Waals surface area contributed by atoms with E-state index in [1.807, 2.05) is 54.6 Å². The number of aryl methyl sites for hydroxylation is 2. The van der Waals surface area contributed by atoms with Crippen molar-refractivity contribution in [1.82, 2.24) is 0 Å². The summed E-state index contributed by atoms with van der Waals surface area (Å²) < 4.78 is 5.27. The highest BCUT2D eigenvalue weighted by atomic mass is 35.5. The quantitative estimate of drug-likeness (QED) is 0.352. The van der Waals surface area contributed by atoms with Crippen molar-refractivity contribution < 1.29 is 46.9 Å². The topological polar surface area (TPSA) is 102 Å². The maximum absolute atomic E-state index is 13.4. The van der Waals surface area contributed by atoms with Crippen molar-refractivity contribution in [3.8, 4) is 0 Å². The van der Waals surface area contributed by atoms with Gasteiger partial charge in [-0.1, -0.05) is 48.5 Å². The van der Waals surface area contributed by atoms with Crippen LogP contribution in [-0.2, 0) is 32.0 Å². The maximum atomic E-state index is 13.4. The number of carboxylic acids is 1. The van der Waals surface area contributed by atoms with Gasteiger partial charge in [0.25, 0.3) is 0 Å². The number of para-hydroxylation sites is 1. The van der Waals surface area contributed by atoms with E-state index in [1.165, 1.54) is 0 Å². The summed E-state index contributed by atoms with van der Waals surface area (Å²) in [6, 6.07) is 16.3. The Morgan fingerprint density at radius 1 is 1.16 bits per heavy atom. The number of ether oxygens (including phenoxy) is 1. The predicted octanol–water partition coefficient (Wildman–Crippen LogP) is -2.74. The van der Waals surface area contributed by atoms with Gasteiger partial charge in [0.1, 0.15) is 5.69 Å². The zero-order valence-corrected chi connectivity index (χ0v) is 18.9. The largest absolute Gasteiger partial charge is 1.00 e. The number of nitrogens with two attached hydrogens (primary N) is 1. The molecule has 8 heteroatoms. The highest BCUT2D eigenvalue weighted by Crippen LogP contribution is 2.16. The van der Waals surface area contributed by atoms with Gasteiger partial charge in [-0.25, -0.2) is 19.3 Å². The Labute approximate surface area is 194 Å². The molecule has 32 heavy (non-hydrogen) atoms. The van der Waals surface area contributed by atoms with Gasteiger partial charge in [0.2, 0.25) is 6.04 Å². The summed E-state index contributed by atoms with van der Waals surface area (Å²) in [6.45, 7) is 1.71. The number of amides is 1. The monoisotopic (exact) mass is 461 g/mol. The number of rotatable bonds is 9. The Hall–Kier alpha value is -2.74. The number of carbonyl (C=O) groups is 3. The zero-order valence-electron chi connectivity index (χ0n) is 18.1. The van der Waals surface area contributed by atoms with Crippen LogP contribution in [0.1, 0.15) is 30.9 Å². The molecule has 0 aliphatic carbocycles. The van der Waals surface area contributed by atoms with E-state index >= 15 is 0 Å². The van der Waals surface area contributed by atoms with Crippen molar-refractivity contribution in [3.05, 3.63) is 65.7 Å². The van der Waals surface area contributed by atoms with E-state index in [1.54, 1.807) is 12.2 Å². The lowest BCUT2D eigenvalue weighted by molar-refractivity contribution is -0.773. The second kappa shape index (κ2) is 12.3. The molecule has 0 radical (unpaired) electrons. The van der Waals surface area contributed by atoms with Gasteiger partial charge in [0.05, 0.1) is 6.61 Å². The van der Waals surface area contributed by atoms with Crippen molar-refractivity contribution in [2.75, 3.05) is 13.2 Å². The first-order chi connectivity index (χ1) is 15.0. The maximum Gasteiger partial charge on any atom is 0.375 e. The third-order valence-corrected chi connectivity index (χ3v) is 5.67. The molecule has 3 rings (SSSR count). The molecule has 0 spiro atoms. The van der Waals surface area contributed by atoms with Gasteiger partial charge in [0.15, 0.2) is 12.6 Å². The zero-order chi connectivity index (χ0) is 22.2. The first-order valence-electron chi connectivity index (χ1n) is 10.7. The molecule has 1 amide bonds. The molecule has 0 bridgehead atoms. The molecular weight excluding hydrogens is 432 g/mol. The highest BCUT2D eigenvalue weighted by molar-refractivity contribution is 5.79. The molecule has 0 aromatic heterocycles. The summed E-state index contributed by atoms with van der Waals surface area (Å²) in [5, 5.41) is 11.2. The molecule has 7 nitrogen and oxygen atoms in total. The van der Waals surface area contributed by atoms with Crippen LogP contribution in [0.5, 0.6) is 0 Å². The molecule has 1 heterocycles. The second-order valence-corrected chi connectivity index (χ2v) is 7.79. The summed E-state index contributed by atoms with van der Waals surface area (Å²) in [4.78, 5) is 37.8. The molecule has 3 atom stereocenters. The minimum atomic E-state index is -1.04. The molecule has 1 aliphatic heterocycles. The van der Waals surface area contributed by atoms with Crippen LogP contribution in [0.2, 0.25) is 0 Å². The first kappa shape index (κ1) is 25.5. The minimum absolute atomic E-state index is 0. The average Bonchev–Trinajstić information content (AvgIpc) is 2.89. The molecule has 0 fully saturated rings. The highest BCUT2D eigenvalue weighted by Gasteiger charge is 2.41. The number of hydrogen-bond acceptors (Lipinski definition) is 4. The van der Waals surface area contributed by atoms with E-state index in [-0.39, 0.29) is 37.4 Å². The Bertz CT molecular complexity index is 922. The van der Waals surface area contributed by atoms with Crippen LogP contribution >= 0.6 is 0 Å². The number of carboxylic acid groups (broad SMARTS) is 1. The molecule has 4 N–H and O–H groups in total. The minimum Gasteiger partial charge on any atom is -1.00 e. The third-order valence-electron chi connectivity index (χ3n) is 5.67. The number of esters is 1. The number of nitrogens with one attached hydrogen (secondary N) is 1. The molecule has 0 saturated carbocycles. The van der Waals surface area contributed by atoms with Crippen LogP contribution in [0.15, 0.2) is 54.6 Å². The third kappa shape index (κ3) is 6.63. The molecule has 1 unspecified atom stereocenters. The van der Waals surface area contributed by atoms with Gasteiger partial charge in [-0.3, -0.25) is 0 Å². The van der Waals surface area contributed by atoms with Gasteiger partial charge in [-0.2, -0.15) is 0 Å². The van der Waals surface area contributed by atoms with Gasteiger partial charge >= 0.3 is 17.8 Å². The number of halogens is 1. The summed E-state index contributed by atoms with van der Waals surface area (Å²) in [6.07, 6.45) is 2.42. The standard InChI is InChI=1S/C24H28N2O5.ClH/c1-2-31-24(30)20(14-12-17-8-4-3-5-9-17)25-19-15-13-18-10-6-7-11-21(18)26(23(19)29)16-22(27)28;/h3-11,19-20,25H,2,12-16H2,1H3,(H,27,28);1H/p+1/t19-,20+;/m0./s1. The first-order valence-corrected chi connectivity index (χ1v) is 10.7. The van der Waals surface area contributed by atoms with Crippen molar-refractivity contribution in [2.24, 2.45) is 0 Å². The molecule has 1 aliphatic rings. The van der Waals surface area contributed by atoms with Crippen LogP contribution in [-0.4, -0.2) is 48.2 Å². The summed E-state index contributed by atoms with van der Waals surface area (Å²) >= 11 is 0. The molecule has 172 valence electrons. The number of aliphatic carboxylic acids is 1. The second-order valence-electron chi connectivity index (χ2n) is 7.79. The smallest absolute Gasteiger partial charge is 0.375 e. The Balaban J connectivity index is 0.00000363. The van der Waals surface area contributed by atoms with Gasteiger partial charge < -0.3 is 27.6 Å². The van der Waals surface area contributed by atoms with E-state index in [0.717, 1.165) is 11.1 Å². The Kier molecular flexibility index (Phi) is 9.84. The fraction of sp³-hybridized carbons (Fsp3) is 0.375. The van der Waals surface area contributed by atoms with Gasteiger partial charge in [-0.05, 0) is 31.4 Å². The lowest BCUT2D eigenvalue weighted by Crippen LogP contribution is -3.16. The summed E-state index contributed by atoms with van der Waals surface area (Å²) in [5.74, 6) is -1.58. The number of benzene rings is 2. The van der Waals surface area contributed by atoms with Crippen molar-refractivity contribution in [2.45, 2.75) is 44.7 Å². The van der Waals surface area contributed by atoms with Gasteiger partial charge in [-0.15, -0.1) is 0 Å². The van der Waals surface area contributed by atoms with Gasteiger partial charge in [0, 0.05) is 18.4 Å². The van der Waals surface area contributed by atoms with E-state index in [0.29, 0.717) is 36.3 Å². The molecular formula is C24H30ClN2O5+. The SMILES string of the molecule is CCOC(=O)[C@@H](CCc1ccccc1)[NH2+][C@H]1CCc2ccccc2[NH+](CC(=O)O)C1=O.[Cl-]. The number of hydrogen-bond donors (Lipinski definition) is 3. The van der Waals surface area contributed by atoms with E-state index in [9.17, 15) is 19.5 Å². The fourth-order valence-electron chi connectivity index (χ4n) is 4.14. The summed E-state index contributed by atoms with van der Waals surface area (Å²) in [7, 11) is 0. The van der Waals surface area contributed by atoms with Crippen LogP contribution in [0.4, 0.5) is 5.69 Å². The summed E-state index contributed by atoms with van der Waals surface area (Å²) in [5.41, 5.74) is 2.80. The molecule has 2 aromatic rings. The molecule has 2 aromatic carbocycles. The van der Waals surface area contributed by atoms with Crippen molar-refractivity contribution in [3.63, 3.8) is 0 Å². The number of carbonyl (C=O) groups excluding carboxylic acids is 2. The van der Waals surface area contributed by atoms with Crippen LogP contribution in [0.25, 0.3) is 0 Å². The Morgan fingerprint density at radius 2 is 1.84 bits per heavy atom. The van der Waals surface area contributed by atoms with Crippen molar-refractivity contribution in [1.29, 1.82) is 0 Å². The lowest BCUT2D eigenvalue weighted by Gasteiger charge is -2.21. The average molecular weight is 462 g/mol. The van der Waals surface area contributed by atoms with Crippen LogP contribution < -0.4 is 22.6 Å². The van der Waals surface area contributed by atoms with E-state index < -0.39 is 18.1 Å². The normalized spacial score (nSPS) is 18.6. The molecule has 0 saturated heterocycles. The van der Waals surface area contributed by atoms with E-state index in [4.69, 9.17) is 4.74 Å². The van der Waals surface area contributed by atoms with Crippen LogP contribution in [0.3, 0.4) is 0 Å². The number of quaternary nitrogens is 2. The van der Waals surface area contributed by atoms with E-state index in [2.05, 4.69) is 0 Å². The van der Waals surface area contributed by atoms with Crippen molar-refractivity contribution >= 4 is 23.5 Å². The predicted molar refractivity (Wildman–Crippen MR) is 114 cm³/mol.